The molecule has 3 aliphatic rings. The Balaban J connectivity index is 1.44. The molecule has 4 rings (SSSR count). The van der Waals surface area contributed by atoms with Crippen molar-refractivity contribution in [1.29, 1.82) is 0 Å². The smallest absolute Gasteiger partial charge is 0.264 e. The monoisotopic (exact) mass is 272 g/mol. The fourth-order valence-electron chi connectivity index (χ4n) is 3.75. The number of hydrogen-bond donors (Lipinski definition) is 1. The van der Waals surface area contributed by atoms with Crippen LogP contribution in [0, 0.1) is 5.92 Å². The van der Waals surface area contributed by atoms with Crippen molar-refractivity contribution in [3.05, 3.63) is 29.8 Å². The lowest BCUT2D eigenvalue weighted by molar-refractivity contribution is -0.137. The van der Waals surface area contributed by atoms with Gasteiger partial charge in [0.05, 0.1) is 0 Å². The molecular formula is C16H20N2O2. The maximum absolute atomic E-state index is 12.6. The average Bonchev–Trinajstić information content (AvgIpc) is 3.10. The van der Waals surface area contributed by atoms with E-state index >= 15 is 0 Å². The predicted octanol–water partition coefficient (Wildman–Crippen LogP) is 1.20. The molecule has 4 heteroatoms. The van der Waals surface area contributed by atoms with Crippen molar-refractivity contribution in [1.82, 2.24) is 10.2 Å². The van der Waals surface area contributed by atoms with E-state index in [1.54, 1.807) is 0 Å². The molecule has 2 saturated heterocycles. The summed E-state index contributed by atoms with van der Waals surface area (Å²) >= 11 is 0. The number of carbonyl (C=O) groups excluding carboxylic acids is 1. The van der Waals surface area contributed by atoms with Gasteiger partial charge in [0.15, 0.2) is 6.10 Å². The van der Waals surface area contributed by atoms with E-state index in [1.165, 1.54) is 12.8 Å². The lowest BCUT2D eigenvalue weighted by Gasteiger charge is -2.24. The number of fused-ring (bicyclic) bond motifs is 2. The van der Waals surface area contributed by atoms with E-state index < -0.39 is 0 Å². The zero-order chi connectivity index (χ0) is 13.5. The Morgan fingerprint density at radius 2 is 2.20 bits per heavy atom. The molecule has 1 unspecified atom stereocenters. The summed E-state index contributed by atoms with van der Waals surface area (Å²) < 4.78 is 5.82. The van der Waals surface area contributed by atoms with Crippen molar-refractivity contribution in [2.75, 3.05) is 19.6 Å². The molecule has 3 heterocycles. The first-order valence-electron chi connectivity index (χ1n) is 7.58. The van der Waals surface area contributed by atoms with Gasteiger partial charge in [-0.2, -0.15) is 0 Å². The summed E-state index contributed by atoms with van der Waals surface area (Å²) in [7, 11) is 0. The number of nitrogens with one attached hydrogen (secondary N) is 1. The Kier molecular flexibility index (Phi) is 2.91. The zero-order valence-electron chi connectivity index (χ0n) is 11.5. The van der Waals surface area contributed by atoms with E-state index in [9.17, 15) is 4.79 Å². The van der Waals surface area contributed by atoms with Crippen molar-refractivity contribution in [3.8, 4) is 5.75 Å². The second-order valence-corrected chi connectivity index (χ2v) is 6.12. The van der Waals surface area contributed by atoms with Crippen LogP contribution in [0.15, 0.2) is 24.3 Å². The quantitative estimate of drug-likeness (QED) is 0.835. The highest BCUT2D eigenvalue weighted by Gasteiger charge is 2.40. The van der Waals surface area contributed by atoms with E-state index in [4.69, 9.17) is 4.74 Å². The number of likely N-dealkylation sites (tertiary alicyclic amines) is 1. The van der Waals surface area contributed by atoms with Gasteiger partial charge in [0.1, 0.15) is 5.75 Å². The fourth-order valence-corrected chi connectivity index (χ4v) is 3.75. The van der Waals surface area contributed by atoms with Crippen LogP contribution in [0.5, 0.6) is 5.75 Å². The summed E-state index contributed by atoms with van der Waals surface area (Å²) in [6.07, 6.45) is 2.88. The van der Waals surface area contributed by atoms with Crippen LogP contribution in [0.25, 0.3) is 0 Å². The third-order valence-electron chi connectivity index (χ3n) is 4.83. The van der Waals surface area contributed by atoms with Gasteiger partial charge in [-0.25, -0.2) is 0 Å². The molecular weight excluding hydrogens is 252 g/mol. The number of rotatable bonds is 1. The Hall–Kier alpha value is -1.55. The highest BCUT2D eigenvalue weighted by atomic mass is 16.5. The average molecular weight is 272 g/mol. The molecule has 0 saturated carbocycles. The first-order chi connectivity index (χ1) is 9.81. The summed E-state index contributed by atoms with van der Waals surface area (Å²) in [5, 5.41) is 3.54. The molecule has 20 heavy (non-hydrogen) atoms. The van der Waals surface area contributed by atoms with Gasteiger partial charge >= 0.3 is 0 Å². The lowest BCUT2D eigenvalue weighted by atomic mass is 9.94. The summed E-state index contributed by atoms with van der Waals surface area (Å²) in [5.41, 5.74) is 1.15. The molecule has 0 radical (unpaired) electrons. The van der Waals surface area contributed by atoms with Crippen molar-refractivity contribution in [3.63, 3.8) is 0 Å². The molecule has 0 aromatic heterocycles. The van der Waals surface area contributed by atoms with Crippen LogP contribution in [0.1, 0.15) is 18.4 Å². The SMILES string of the molecule is O=C(C1Cc2ccccc2O1)N1C[C@@H]2CCCN[C@@H]2C1. The number of carbonyl (C=O) groups is 1. The zero-order valence-corrected chi connectivity index (χ0v) is 11.5. The number of benzene rings is 1. The number of ether oxygens (including phenoxy) is 1. The molecule has 3 atom stereocenters. The van der Waals surface area contributed by atoms with Gasteiger partial charge in [-0.15, -0.1) is 0 Å². The molecule has 4 nitrogen and oxygen atoms in total. The second kappa shape index (κ2) is 4.77. The molecule has 1 aromatic rings. The Bertz CT molecular complexity index is 492. The molecule has 2 fully saturated rings. The summed E-state index contributed by atoms with van der Waals surface area (Å²) in [6.45, 7) is 2.83. The Morgan fingerprint density at radius 1 is 1.30 bits per heavy atom. The predicted molar refractivity (Wildman–Crippen MR) is 75.7 cm³/mol. The lowest BCUT2D eigenvalue weighted by Crippen LogP contribution is -2.43. The van der Waals surface area contributed by atoms with Crippen molar-refractivity contribution in [2.45, 2.75) is 31.4 Å². The van der Waals surface area contributed by atoms with E-state index in [0.717, 1.165) is 30.9 Å². The minimum absolute atomic E-state index is 0.164. The number of nitrogens with zero attached hydrogens (tertiary/aromatic N) is 1. The van der Waals surface area contributed by atoms with E-state index in [1.807, 2.05) is 29.2 Å². The van der Waals surface area contributed by atoms with Gasteiger partial charge in [-0.3, -0.25) is 4.79 Å². The van der Waals surface area contributed by atoms with Crippen LogP contribution in [0.2, 0.25) is 0 Å². The number of hydrogen-bond acceptors (Lipinski definition) is 3. The van der Waals surface area contributed by atoms with Crippen LogP contribution in [0.3, 0.4) is 0 Å². The molecule has 0 bridgehead atoms. The fraction of sp³-hybridized carbons (Fsp3) is 0.562. The maximum Gasteiger partial charge on any atom is 0.264 e. The summed E-state index contributed by atoms with van der Waals surface area (Å²) in [6, 6.07) is 8.46. The van der Waals surface area contributed by atoms with Crippen LogP contribution in [0.4, 0.5) is 0 Å². The maximum atomic E-state index is 12.6. The molecule has 106 valence electrons. The van der Waals surface area contributed by atoms with Gasteiger partial charge in [0.25, 0.3) is 5.91 Å². The minimum atomic E-state index is -0.312. The summed E-state index contributed by atoms with van der Waals surface area (Å²) in [5.74, 6) is 1.68. The van der Waals surface area contributed by atoms with Gasteiger partial charge in [-0.05, 0) is 36.9 Å². The molecule has 1 aromatic carbocycles. The summed E-state index contributed by atoms with van der Waals surface area (Å²) in [4.78, 5) is 14.6. The number of para-hydroxylation sites is 1. The highest BCUT2D eigenvalue weighted by molar-refractivity contribution is 5.83. The molecule has 0 aliphatic carbocycles. The van der Waals surface area contributed by atoms with Gasteiger partial charge in [0.2, 0.25) is 0 Å². The standard InChI is InChI=1S/C16H20N2O2/c19-16(15-8-11-4-1-2-6-14(11)20-15)18-9-12-5-3-7-17-13(12)10-18/h1-2,4,6,12-13,15,17H,3,5,7-10H2/t12-,13+,15?/m0/s1. The minimum Gasteiger partial charge on any atom is -0.480 e. The number of piperidine rings is 1. The van der Waals surface area contributed by atoms with Crippen LogP contribution in [-0.2, 0) is 11.2 Å². The molecule has 3 aliphatic heterocycles. The largest absolute Gasteiger partial charge is 0.480 e. The third kappa shape index (κ3) is 1.99. The number of amides is 1. The Labute approximate surface area is 119 Å². The molecule has 0 spiro atoms. The normalized spacial score (nSPS) is 31.6. The van der Waals surface area contributed by atoms with E-state index in [0.29, 0.717) is 18.4 Å². The van der Waals surface area contributed by atoms with E-state index in [2.05, 4.69) is 5.32 Å². The van der Waals surface area contributed by atoms with Gasteiger partial charge in [0, 0.05) is 25.6 Å². The highest BCUT2D eigenvalue weighted by Crippen LogP contribution is 2.31. The van der Waals surface area contributed by atoms with Crippen LogP contribution in [-0.4, -0.2) is 42.6 Å². The van der Waals surface area contributed by atoms with Crippen molar-refractivity contribution in [2.24, 2.45) is 5.92 Å². The topological polar surface area (TPSA) is 41.6 Å². The van der Waals surface area contributed by atoms with E-state index in [-0.39, 0.29) is 12.0 Å². The van der Waals surface area contributed by atoms with Gasteiger partial charge < -0.3 is 15.0 Å². The Morgan fingerprint density at radius 3 is 3.05 bits per heavy atom. The third-order valence-corrected chi connectivity index (χ3v) is 4.83. The van der Waals surface area contributed by atoms with Crippen LogP contribution >= 0.6 is 0 Å². The molecule has 1 N–H and O–H groups in total. The van der Waals surface area contributed by atoms with Gasteiger partial charge in [-0.1, -0.05) is 18.2 Å². The first kappa shape index (κ1) is 12.2. The van der Waals surface area contributed by atoms with Crippen molar-refractivity contribution < 1.29 is 9.53 Å². The van der Waals surface area contributed by atoms with Crippen LogP contribution < -0.4 is 10.1 Å². The second-order valence-electron chi connectivity index (χ2n) is 6.12. The first-order valence-corrected chi connectivity index (χ1v) is 7.58. The van der Waals surface area contributed by atoms with Crippen molar-refractivity contribution >= 4 is 5.91 Å². The molecule has 1 amide bonds.